The number of nitrogens with zero attached hydrogens (tertiary/aromatic N) is 3. The lowest BCUT2D eigenvalue weighted by Gasteiger charge is -2.14. The molecule has 0 radical (unpaired) electrons. The van der Waals surface area contributed by atoms with Crippen LogP contribution in [0.3, 0.4) is 0 Å². The van der Waals surface area contributed by atoms with Gasteiger partial charge in [0.15, 0.2) is 6.61 Å². The van der Waals surface area contributed by atoms with Gasteiger partial charge < -0.3 is 9.47 Å². The van der Waals surface area contributed by atoms with Gasteiger partial charge >= 0.3 is 5.97 Å². The van der Waals surface area contributed by atoms with Crippen molar-refractivity contribution < 1.29 is 14.3 Å². The molecule has 0 amide bonds. The van der Waals surface area contributed by atoms with Gasteiger partial charge in [-0.3, -0.25) is 4.79 Å². The minimum absolute atomic E-state index is 0.0231. The third-order valence-corrected chi connectivity index (χ3v) is 5.81. The number of halogens is 2. The van der Waals surface area contributed by atoms with E-state index in [0.29, 0.717) is 28.0 Å². The first-order valence-electron chi connectivity index (χ1n) is 10.2. The second kappa shape index (κ2) is 10.9. The highest BCUT2D eigenvalue weighted by molar-refractivity contribution is 9.10. The number of ether oxygens (including phenoxy) is 2. The Morgan fingerprint density at radius 3 is 2.62 bits per heavy atom. The summed E-state index contributed by atoms with van der Waals surface area (Å²) in [6, 6.07) is 10.7. The lowest BCUT2D eigenvalue weighted by molar-refractivity contribution is -0.145. The van der Waals surface area contributed by atoms with Crippen LogP contribution >= 0.6 is 31.9 Å². The van der Waals surface area contributed by atoms with E-state index in [1.807, 2.05) is 26.0 Å². The van der Waals surface area contributed by atoms with E-state index < -0.39 is 5.97 Å². The predicted octanol–water partition coefficient (Wildman–Crippen LogP) is 5.26. The molecule has 0 N–H and O–H groups in total. The first-order valence-corrected chi connectivity index (χ1v) is 11.8. The molecule has 2 aromatic carbocycles. The largest absolute Gasteiger partial charge is 0.481 e. The van der Waals surface area contributed by atoms with Crippen LogP contribution in [-0.4, -0.2) is 35.1 Å². The molecule has 0 fully saturated rings. The monoisotopic (exact) mass is 563 g/mol. The molecule has 0 spiro atoms. The van der Waals surface area contributed by atoms with Crippen molar-refractivity contribution in [3.8, 4) is 5.75 Å². The van der Waals surface area contributed by atoms with Crippen molar-refractivity contribution in [2.24, 2.45) is 5.10 Å². The quantitative estimate of drug-likeness (QED) is 0.275. The number of hydrogen-bond acceptors (Lipinski definition) is 6. The molecule has 0 saturated heterocycles. The summed E-state index contributed by atoms with van der Waals surface area (Å²) in [5.41, 5.74) is 0.965. The minimum Gasteiger partial charge on any atom is -0.481 e. The van der Waals surface area contributed by atoms with E-state index in [9.17, 15) is 9.59 Å². The molecule has 0 aliphatic heterocycles. The fourth-order valence-corrected chi connectivity index (χ4v) is 3.73. The first kappa shape index (κ1) is 24.1. The molecule has 0 bridgehead atoms. The number of hydrogen-bond donors (Lipinski definition) is 0. The zero-order chi connectivity index (χ0) is 23.3. The summed E-state index contributed by atoms with van der Waals surface area (Å²) in [4.78, 5) is 29.7. The summed E-state index contributed by atoms with van der Waals surface area (Å²) in [5.74, 6) is 0.583. The Morgan fingerprint density at radius 2 is 1.91 bits per heavy atom. The van der Waals surface area contributed by atoms with E-state index in [4.69, 9.17) is 14.5 Å². The molecule has 0 unspecified atom stereocenters. The Hall–Kier alpha value is -2.52. The molecule has 3 rings (SSSR count). The van der Waals surface area contributed by atoms with Crippen molar-refractivity contribution in [2.75, 3.05) is 13.2 Å². The maximum absolute atomic E-state index is 13.3. The van der Waals surface area contributed by atoms with E-state index in [1.54, 1.807) is 31.2 Å². The van der Waals surface area contributed by atoms with Gasteiger partial charge in [0.05, 0.1) is 23.7 Å². The van der Waals surface area contributed by atoms with Crippen LogP contribution in [0.2, 0.25) is 0 Å². The summed E-state index contributed by atoms with van der Waals surface area (Å²) in [6.07, 6.45) is 2.33. The number of esters is 1. The molecule has 1 aromatic heterocycles. The van der Waals surface area contributed by atoms with Crippen LogP contribution < -0.4 is 10.3 Å². The fourth-order valence-electron chi connectivity index (χ4n) is 2.99. The molecule has 0 saturated carbocycles. The molecular weight excluding hydrogens is 542 g/mol. The minimum atomic E-state index is -0.460. The number of rotatable bonds is 8. The van der Waals surface area contributed by atoms with E-state index in [1.165, 1.54) is 10.9 Å². The van der Waals surface area contributed by atoms with Crippen LogP contribution in [0.5, 0.6) is 5.75 Å². The summed E-state index contributed by atoms with van der Waals surface area (Å²) in [6.45, 7) is 5.83. The van der Waals surface area contributed by atoms with Gasteiger partial charge in [-0.15, -0.1) is 0 Å². The number of carbonyl (C=O) groups excluding carboxylic acids is 1. The lowest BCUT2D eigenvalue weighted by Crippen LogP contribution is -2.23. The molecule has 168 valence electrons. The zero-order valence-electron chi connectivity index (χ0n) is 18.0. The van der Waals surface area contributed by atoms with Crippen LogP contribution in [0.1, 0.15) is 44.5 Å². The summed E-state index contributed by atoms with van der Waals surface area (Å²) in [5, 5.41) is 4.94. The zero-order valence-corrected chi connectivity index (χ0v) is 21.1. The average molecular weight is 565 g/mol. The van der Waals surface area contributed by atoms with Gasteiger partial charge in [-0.2, -0.15) is 9.78 Å². The molecule has 7 nitrogen and oxygen atoms in total. The van der Waals surface area contributed by atoms with Crippen molar-refractivity contribution >= 4 is 54.9 Å². The number of benzene rings is 2. The fraction of sp³-hybridized carbons (Fsp3) is 0.304. The smallest absolute Gasteiger partial charge is 0.344 e. The third-order valence-electron chi connectivity index (χ3n) is 4.82. The van der Waals surface area contributed by atoms with Crippen LogP contribution in [0.4, 0.5) is 0 Å². The number of aromatic nitrogens is 2. The van der Waals surface area contributed by atoms with Crippen LogP contribution in [0, 0.1) is 0 Å². The molecule has 0 aliphatic rings. The van der Waals surface area contributed by atoms with E-state index in [2.05, 4.69) is 37.0 Å². The number of carbonyl (C=O) groups is 1. The summed E-state index contributed by atoms with van der Waals surface area (Å²) < 4.78 is 13.5. The van der Waals surface area contributed by atoms with Gasteiger partial charge in [0.25, 0.3) is 5.56 Å². The molecular formula is C23H23Br2N3O4. The second-order valence-electron chi connectivity index (χ2n) is 7.08. The molecule has 32 heavy (non-hydrogen) atoms. The van der Waals surface area contributed by atoms with E-state index >= 15 is 0 Å². The van der Waals surface area contributed by atoms with Gasteiger partial charge in [0, 0.05) is 20.4 Å². The standard InChI is InChI=1S/C23H23Br2N3O4/c1-4-14(3)22-27-19-8-6-17(25)11-18(19)23(30)28(22)26-12-15-10-16(24)7-9-20(15)32-13-21(29)31-5-2/h6-12,14H,4-5,13H2,1-3H3/t14-/m1/s1. The lowest BCUT2D eigenvalue weighted by atomic mass is 10.1. The number of fused-ring (bicyclic) bond motifs is 1. The molecule has 0 aliphatic carbocycles. The van der Waals surface area contributed by atoms with Crippen molar-refractivity contribution in [1.82, 2.24) is 9.66 Å². The third kappa shape index (κ3) is 5.63. The predicted molar refractivity (Wildman–Crippen MR) is 132 cm³/mol. The SMILES string of the molecule is CCOC(=O)COc1ccc(Br)cc1C=Nn1c([C@H](C)CC)nc2ccc(Br)cc2c1=O. The second-order valence-corrected chi connectivity index (χ2v) is 8.91. The molecule has 9 heteroatoms. The van der Waals surface area contributed by atoms with Gasteiger partial charge in [-0.05, 0) is 49.7 Å². The van der Waals surface area contributed by atoms with Crippen LogP contribution in [-0.2, 0) is 9.53 Å². The maximum atomic E-state index is 13.3. The summed E-state index contributed by atoms with van der Waals surface area (Å²) >= 11 is 6.85. The van der Waals surface area contributed by atoms with Crippen LogP contribution in [0.25, 0.3) is 10.9 Å². The van der Waals surface area contributed by atoms with Crippen molar-refractivity contribution in [3.05, 3.63) is 67.1 Å². The van der Waals surface area contributed by atoms with Gasteiger partial charge in [-0.25, -0.2) is 9.78 Å². The average Bonchev–Trinajstić information content (AvgIpc) is 2.77. The summed E-state index contributed by atoms with van der Waals surface area (Å²) in [7, 11) is 0. The van der Waals surface area contributed by atoms with Crippen LogP contribution in [0.15, 0.2) is 55.2 Å². The Morgan fingerprint density at radius 1 is 1.19 bits per heavy atom. The van der Waals surface area contributed by atoms with Crippen molar-refractivity contribution in [2.45, 2.75) is 33.1 Å². The Bertz CT molecular complexity index is 1220. The molecule has 3 aromatic rings. The Kier molecular flexibility index (Phi) is 8.20. The van der Waals surface area contributed by atoms with Crippen molar-refractivity contribution in [1.29, 1.82) is 0 Å². The Labute approximate surface area is 202 Å². The highest BCUT2D eigenvalue weighted by Crippen LogP contribution is 2.23. The van der Waals surface area contributed by atoms with E-state index in [0.717, 1.165) is 15.4 Å². The topological polar surface area (TPSA) is 82.8 Å². The normalized spacial score (nSPS) is 12.3. The molecule has 1 atom stereocenters. The highest BCUT2D eigenvalue weighted by Gasteiger charge is 2.16. The Balaban J connectivity index is 2.06. The van der Waals surface area contributed by atoms with Crippen molar-refractivity contribution in [3.63, 3.8) is 0 Å². The van der Waals surface area contributed by atoms with Gasteiger partial charge in [-0.1, -0.05) is 45.7 Å². The maximum Gasteiger partial charge on any atom is 0.344 e. The highest BCUT2D eigenvalue weighted by atomic mass is 79.9. The van der Waals surface area contributed by atoms with Gasteiger partial charge in [0.1, 0.15) is 11.6 Å². The van der Waals surface area contributed by atoms with E-state index in [-0.39, 0.29) is 24.7 Å². The van der Waals surface area contributed by atoms with Gasteiger partial charge in [0.2, 0.25) is 0 Å². The molecule has 1 heterocycles. The first-order chi connectivity index (χ1) is 15.3.